The van der Waals surface area contributed by atoms with Crippen molar-refractivity contribution in [1.82, 2.24) is 10.2 Å². The van der Waals surface area contributed by atoms with Crippen molar-refractivity contribution in [3.63, 3.8) is 0 Å². The fourth-order valence-electron chi connectivity index (χ4n) is 2.71. The molecule has 1 atom stereocenters. The van der Waals surface area contributed by atoms with Crippen molar-refractivity contribution >= 4 is 17.7 Å². The molecule has 0 radical (unpaired) electrons. The van der Waals surface area contributed by atoms with E-state index in [-0.39, 0.29) is 30.9 Å². The lowest BCUT2D eigenvalue weighted by Crippen LogP contribution is -2.52. The van der Waals surface area contributed by atoms with Crippen LogP contribution in [0.25, 0.3) is 0 Å². The van der Waals surface area contributed by atoms with Gasteiger partial charge in [-0.15, -0.1) is 0 Å². The summed E-state index contributed by atoms with van der Waals surface area (Å²) in [6.07, 6.45) is 0.475. The van der Waals surface area contributed by atoms with Gasteiger partial charge in [0.1, 0.15) is 11.9 Å². The Morgan fingerprint density at radius 3 is 2.75 bits per heavy atom. The third-order valence-electron chi connectivity index (χ3n) is 3.82. The Morgan fingerprint density at radius 1 is 1.30 bits per heavy atom. The van der Waals surface area contributed by atoms with E-state index in [0.29, 0.717) is 11.1 Å². The van der Waals surface area contributed by atoms with E-state index in [9.17, 15) is 18.8 Å². The number of halogens is 1. The molecule has 0 aromatic heterocycles. The summed E-state index contributed by atoms with van der Waals surface area (Å²) in [6.45, 7) is 1.80. The number of amides is 3. The minimum atomic E-state index is -0.702. The van der Waals surface area contributed by atoms with E-state index in [4.69, 9.17) is 0 Å². The van der Waals surface area contributed by atoms with Gasteiger partial charge in [-0.3, -0.25) is 19.7 Å². The van der Waals surface area contributed by atoms with Gasteiger partial charge in [0.15, 0.2) is 0 Å². The topological polar surface area (TPSA) is 66.5 Å². The summed E-state index contributed by atoms with van der Waals surface area (Å²) >= 11 is 0. The van der Waals surface area contributed by atoms with Gasteiger partial charge in [-0.05, 0) is 24.5 Å². The second kappa shape index (κ2) is 4.40. The summed E-state index contributed by atoms with van der Waals surface area (Å²) in [5.74, 6) is -1.82. The average molecular weight is 276 g/mol. The van der Waals surface area contributed by atoms with Gasteiger partial charge in [0, 0.05) is 13.0 Å². The van der Waals surface area contributed by atoms with Crippen LogP contribution >= 0.6 is 0 Å². The van der Waals surface area contributed by atoms with Crippen LogP contribution < -0.4 is 5.32 Å². The lowest BCUT2D eigenvalue weighted by Gasteiger charge is -2.29. The monoisotopic (exact) mass is 276 g/mol. The molecule has 6 heteroatoms. The Hall–Kier alpha value is -2.24. The van der Waals surface area contributed by atoms with Crippen molar-refractivity contribution in [2.45, 2.75) is 32.4 Å². The van der Waals surface area contributed by atoms with Gasteiger partial charge in [-0.1, -0.05) is 12.1 Å². The number of aryl methyl sites for hydroxylation is 1. The van der Waals surface area contributed by atoms with Crippen LogP contribution in [0, 0.1) is 12.7 Å². The number of hydrogen-bond acceptors (Lipinski definition) is 3. The molecule has 1 saturated heterocycles. The maximum atomic E-state index is 14.1. The molecular formula is C14H13FN2O3. The number of nitrogens with one attached hydrogen (secondary N) is 1. The maximum absolute atomic E-state index is 14.1. The number of imide groups is 1. The Kier molecular flexibility index (Phi) is 2.81. The normalized spacial score (nSPS) is 22.0. The Labute approximate surface area is 114 Å². The lowest BCUT2D eigenvalue weighted by molar-refractivity contribution is -0.136. The number of benzene rings is 1. The Morgan fingerprint density at radius 2 is 2.05 bits per heavy atom. The molecule has 1 aromatic carbocycles. The molecular weight excluding hydrogens is 263 g/mol. The number of fused-ring (bicyclic) bond motifs is 1. The SMILES string of the molecule is Cc1ccc2c(c1F)C(=O)N(C1CCC(=O)NC1=O)C2. The van der Waals surface area contributed by atoms with E-state index < -0.39 is 23.7 Å². The van der Waals surface area contributed by atoms with Crippen molar-refractivity contribution in [3.05, 3.63) is 34.6 Å². The first kappa shape index (κ1) is 12.8. The summed E-state index contributed by atoms with van der Waals surface area (Å²) < 4.78 is 14.1. The largest absolute Gasteiger partial charge is 0.322 e. The van der Waals surface area contributed by atoms with E-state index in [0.717, 1.165) is 0 Å². The first-order valence-corrected chi connectivity index (χ1v) is 6.41. The Bertz CT molecular complexity index is 642. The van der Waals surface area contributed by atoms with E-state index in [1.165, 1.54) is 4.90 Å². The van der Waals surface area contributed by atoms with Crippen LogP contribution in [-0.4, -0.2) is 28.7 Å². The molecule has 3 rings (SSSR count). The number of hydrogen-bond donors (Lipinski definition) is 1. The first-order chi connectivity index (χ1) is 9.49. The molecule has 0 saturated carbocycles. The second-order valence-electron chi connectivity index (χ2n) is 5.13. The van der Waals surface area contributed by atoms with Crippen molar-refractivity contribution < 1.29 is 18.8 Å². The van der Waals surface area contributed by atoms with E-state index in [2.05, 4.69) is 5.32 Å². The molecule has 1 N–H and O–H groups in total. The van der Waals surface area contributed by atoms with Crippen LogP contribution in [0.5, 0.6) is 0 Å². The predicted molar refractivity (Wildman–Crippen MR) is 67.2 cm³/mol. The van der Waals surface area contributed by atoms with E-state index in [1.807, 2.05) is 0 Å². The smallest absolute Gasteiger partial charge is 0.258 e. The van der Waals surface area contributed by atoms with Crippen LogP contribution in [-0.2, 0) is 16.1 Å². The standard InChI is InChI=1S/C14H13FN2O3/c1-7-2-3-8-6-17(14(20)11(8)12(7)15)9-4-5-10(18)16-13(9)19/h2-3,9H,4-6H2,1H3,(H,16,18,19). The molecule has 20 heavy (non-hydrogen) atoms. The number of rotatable bonds is 1. The summed E-state index contributed by atoms with van der Waals surface area (Å²) in [5.41, 5.74) is 1.04. The van der Waals surface area contributed by atoms with Gasteiger partial charge >= 0.3 is 0 Å². The molecule has 0 aliphatic carbocycles. The second-order valence-corrected chi connectivity index (χ2v) is 5.13. The minimum absolute atomic E-state index is 0.0506. The van der Waals surface area contributed by atoms with Crippen LogP contribution in [0.1, 0.15) is 34.3 Å². The van der Waals surface area contributed by atoms with Crippen LogP contribution in [0.4, 0.5) is 4.39 Å². The fraction of sp³-hybridized carbons (Fsp3) is 0.357. The maximum Gasteiger partial charge on any atom is 0.258 e. The molecule has 1 fully saturated rings. The van der Waals surface area contributed by atoms with Crippen molar-refractivity contribution in [2.24, 2.45) is 0 Å². The van der Waals surface area contributed by atoms with Crippen LogP contribution in [0.2, 0.25) is 0 Å². The molecule has 5 nitrogen and oxygen atoms in total. The summed E-state index contributed by atoms with van der Waals surface area (Å²) in [7, 11) is 0. The highest BCUT2D eigenvalue weighted by molar-refractivity contribution is 6.05. The zero-order valence-corrected chi connectivity index (χ0v) is 10.9. The van der Waals surface area contributed by atoms with Crippen molar-refractivity contribution in [2.75, 3.05) is 0 Å². The molecule has 2 aliphatic heterocycles. The number of nitrogens with zero attached hydrogens (tertiary/aromatic N) is 1. The van der Waals surface area contributed by atoms with Crippen LogP contribution in [0.3, 0.4) is 0 Å². The highest BCUT2D eigenvalue weighted by Gasteiger charge is 2.40. The van der Waals surface area contributed by atoms with E-state index >= 15 is 0 Å². The van der Waals surface area contributed by atoms with Gasteiger partial charge in [0.2, 0.25) is 11.8 Å². The molecule has 104 valence electrons. The molecule has 0 spiro atoms. The van der Waals surface area contributed by atoms with Gasteiger partial charge in [0.25, 0.3) is 5.91 Å². The van der Waals surface area contributed by atoms with Gasteiger partial charge in [0.05, 0.1) is 5.56 Å². The fourth-order valence-corrected chi connectivity index (χ4v) is 2.71. The molecule has 3 amide bonds. The van der Waals surface area contributed by atoms with Crippen molar-refractivity contribution in [1.29, 1.82) is 0 Å². The zero-order valence-electron chi connectivity index (χ0n) is 10.9. The summed E-state index contributed by atoms with van der Waals surface area (Å²) in [4.78, 5) is 36.6. The quantitative estimate of drug-likeness (QED) is 0.775. The van der Waals surface area contributed by atoms with Gasteiger partial charge in [-0.2, -0.15) is 0 Å². The Balaban J connectivity index is 1.93. The number of piperidine rings is 1. The third-order valence-corrected chi connectivity index (χ3v) is 3.82. The highest BCUT2D eigenvalue weighted by Crippen LogP contribution is 2.30. The summed E-state index contributed by atoms with van der Waals surface area (Å²) in [5, 5.41) is 2.21. The molecule has 1 unspecified atom stereocenters. The average Bonchev–Trinajstić information content (AvgIpc) is 2.72. The lowest BCUT2D eigenvalue weighted by atomic mass is 10.0. The molecule has 1 aromatic rings. The van der Waals surface area contributed by atoms with Crippen molar-refractivity contribution in [3.8, 4) is 0 Å². The molecule has 0 bridgehead atoms. The minimum Gasteiger partial charge on any atom is -0.322 e. The van der Waals surface area contributed by atoms with Gasteiger partial charge < -0.3 is 4.90 Å². The molecule has 2 heterocycles. The van der Waals surface area contributed by atoms with Gasteiger partial charge in [-0.25, -0.2) is 4.39 Å². The number of carbonyl (C=O) groups excluding carboxylic acids is 3. The third kappa shape index (κ3) is 1.79. The first-order valence-electron chi connectivity index (χ1n) is 6.41. The molecule has 2 aliphatic rings. The van der Waals surface area contributed by atoms with Crippen LogP contribution in [0.15, 0.2) is 12.1 Å². The van der Waals surface area contributed by atoms with E-state index in [1.54, 1.807) is 19.1 Å². The predicted octanol–water partition coefficient (Wildman–Crippen LogP) is 0.895. The highest BCUT2D eigenvalue weighted by atomic mass is 19.1. The number of carbonyl (C=O) groups is 3. The zero-order chi connectivity index (χ0) is 14.4. The summed E-state index contributed by atoms with van der Waals surface area (Å²) in [6, 6.07) is 2.62.